The number of nitrogens with zero attached hydrogens (tertiary/aromatic N) is 4. The quantitative estimate of drug-likeness (QED) is 0.271. The van der Waals surface area contributed by atoms with Crippen molar-refractivity contribution in [2.24, 2.45) is 0 Å². The van der Waals surface area contributed by atoms with E-state index in [0.717, 1.165) is 16.7 Å². The van der Waals surface area contributed by atoms with Crippen LogP contribution in [0.25, 0.3) is 0 Å². The van der Waals surface area contributed by atoms with Crippen molar-refractivity contribution in [2.45, 2.75) is 38.8 Å². The highest BCUT2D eigenvalue weighted by Gasteiger charge is 2.37. The van der Waals surface area contributed by atoms with E-state index < -0.39 is 35.5 Å². The minimum absolute atomic E-state index is 0.000714. The lowest BCUT2D eigenvalue weighted by Crippen LogP contribution is -2.44. The molecular formula is C28H25F4N5O5. The molecule has 2 aromatic heterocycles. The zero-order valence-electron chi connectivity index (χ0n) is 21.9. The number of aromatic nitrogens is 3. The molecule has 0 aliphatic carbocycles. The number of ether oxygens (including phenoxy) is 2. The molecule has 0 bridgehead atoms. The number of anilines is 2. The van der Waals surface area contributed by atoms with Crippen LogP contribution in [0.5, 0.6) is 11.5 Å². The average molecular weight is 588 g/mol. The zero-order chi connectivity index (χ0) is 29.9. The minimum Gasteiger partial charge on any atom is -0.452 e. The number of hydrogen-bond donors (Lipinski definition) is 2. The third kappa shape index (κ3) is 6.38. The topological polar surface area (TPSA) is 111 Å². The van der Waals surface area contributed by atoms with Crippen molar-refractivity contribution >= 4 is 11.5 Å². The third-order valence-corrected chi connectivity index (χ3v) is 6.37. The Balaban J connectivity index is 1.61. The van der Waals surface area contributed by atoms with Gasteiger partial charge < -0.3 is 24.8 Å². The Morgan fingerprint density at radius 1 is 0.952 bits per heavy atom. The van der Waals surface area contributed by atoms with Crippen LogP contribution in [0, 0.1) is 5.82 Å². The fraction of sp³-hybridized carbons (Fsp3) is 0.250. The predicted molar refractivity (Wildman–Crippen MR) is 144 cm³/mol. The standard InChI is InChI=1S/C28H25F4N5O5/c29-19-10-8-18(9-11-19)16-36-23-24(34-26(36)41-21-6-3-7-22(15-21)42-28(30,31)32)37(17-20-5-1-2-12-33-20)27(40)35(25(23)39)13-4-14-38/h1-3,5-12,15,26,34,38H,4,13-14,16-17H2. The summed E-state index contributed by atoms with van der Waals surface area (Å²) in [6.07, 6.45) is -4.41. The van der Waals surface area contributed by atoms with Crippen LogP contribution in [-0.4, -0.2) is 38.5 Å². The Morgan fingerprint density at radius 3 is 2.40 bits per heavy atom. The summed E-state index contributed by atoms with van der Waals surface area (Å²) in [6, 6.07) is 15.5. The van der Waals surface area contributed by atoms with Crippen molar-refractivity contribution in [3.05, 3.63) is 111 Å². The molecule has 220 valence electrons. The van der Waals surface area contributed by atoms with Gasteiger partial charge in [0.1, 0.15) is 28.8 Å². The molecule has 5 rings (SSSR count). The molecule has 0 radical (unpaired) electrons. The van der Waals surface area contributed by atoms with Crippen molar-refractivity contribution in [2.75, 3.05) is 16.8 Å². The second-order valence-corrected chi connectivity index (χ2v) is 9.31. The highest BCUT2D eigenvalue weighted by molar-refractivity contribution is 5.71. The number of aliphatic hydroxyl groups excluding tert-OH is 1. The Morgan fingerprint density at radius 2 is 1.71 bits per heavy atom. The minimum atomic E-state index is -4.92. The van der Waals surface area contributed by atoms with Crippen LogP contribution in [0.4, 0.5) is 29.1 Å². The van der Waals surface area contributed by atoms with Gasteiger partial charge in [0, 0.05) is 32.0 Å². The van der Waals surface area contributed by atoms with Crippen molar-refractivity contribution in [1.29, 1.82) is 0 Å². The maximum atomic E-state index is 13.8. The molecule has 14 heteroatoms. The molecule has 1 unspecified atom stereocenters. The fourth-order valence-electron chi connectivity index (χ4n) is 4.54. The molecule has 0 saturated heterocycles. The van der Waals surface area contributed by atoms with Gasteiger partial charge in [0.05, 0.1) is 12.2 Å². The van der Waals surface area contributed by atoms with Gasteiger partial charge in [-0.1, -0.05) is 24.3 Å². The number of fused-ring (bicyclic) bond motifs is 1. The lowest BCUT2D eigenvalue weighted by atomic mass is 10.2. The van der Waals surface area contributed by atoms with Gasteiger partial charge in [0.2, 0.25) is 0 Å². The van der Waals surface area contributed by atoms with E-state index in [-0.39, 0.29) is 49.9 Å². The van der Waals surface area contributed by atoms with E-state index in [2.05, 4.69) is 15.0 Å². The van der Waals surface area contributed by atoms with Crippen LogP contribution >= 0.6 is 0 Å². The molecule has 1 atom stereocenters. The highest BCUT2D eigenvalue weighted by atomic mass is 19.4. The molecule has 1 aliphatic heterocycles. The van der Waals surface area contributed by atoms with E-state index in [1.54, 1.807) is 24.4 Å². The lowest BCUT2D eigenvalue weighted by Gasteiger charge is -2.26. The zero-order valence-corrected chi connectivity index (χ0v) is 21.9. The molecule has 0 amide bonds. The van der Waals surface area contributed by atoms with E-state index in [1.807, 2.05) is 0 Å². The van der Waals surface area contributed by atoms with Crippen LogP contribution in [-0.2, 0) is 19.6 Å². The SMILES string of the molecule is O=c1c2c(n(Cc3ccccn3)c(=O)n1CCCO)NC(Oc1cccc(OC(F)(F)F)c1)N2Cc1ccc(F)cc1. The van der Waals surface area contributed by atoms with E-state index in [0.29, 0.717) is 11.3 Å². The Kier molecular flexibility index (Phi) is 8.15. The summed E-state index contributed by atoms with van der Waals surface area (Å²) in [4.78, 5) is 33.1. The molecule has 10 nitrogen and oxygen atoms in total. The second kappa shape index (κ2) is 11.9. The molecule has 2 aromatic carbocycles. The van der Waals surface area contributed by atoms with Gasteiger partial charge >= 0.3 is 12.1 Å². The van der Waals surface area contributed by atoms with Gasteiger partial charge in [-0.3, -0.25) is 18.9 Å². The van der Waals surface area contributed by atoms with Crippen molar-refractivity contribution < 1.29 is 32.1 Å². The first-order valence-corrected chi connectivity index (χ1v) is 12.8. The largest absolute Gasteiger partial charge is 0.573 e. The average Bonchev–Trinajstić information content (AvgIpc) is 3.29. The molecule has 3 heterocycles. The summed E-state index contributed by atoms with van der Waals surface area (Å²) < 4.78 is 64.4. The fourth-order valence-corrected chi connectivity index (χ4v) is 4.54. The van der Waals surface area contributed by atoms with Gasteiger partial charge in [-0.05, 0) is 48.4 Å². The van der Waals surface area contributed by atoms with Crippen molar-refractivity contribution in [3.63, 3.8) is 0 Å². The van der Waals surface area contributed by atoms with Crippen LogP contribution < -0.4 is 30.9 Å². The molecule has 0 spiro atoms. The highest BCUT2D eigenvalue weighted by Crippen LogP contribution is 2.34. The summed E-state index contributed by atoms with van der Waals surface area (Å²) >= 11 is 0. The van der Waals surface area contributed by atoms with Gasteiger partial charge in [-0.25, -0.2) is 9.18 Å². The Labute approximate surface area is 236 Å². The Bertz CT molecular complexity index is 1660. The molecule has 42 heavy (non-hydrogen) atoms. The molecule has 4 aromatic rings. The molecule has 0 saturated carbocycles. The number of benzene rings is 2. The first kappa shape index (κ1) is 28.7. The number of halogens is 4. The number of aliphatic hydroxyl groups is 1. The van der Waals surface area contributed by atoms with Crippen LogP contribution in [0.1, 0.15) is 17.7 Å². The number of alkyl halides is 3. The maximum Gasteiger partial charge on any atom is 0.573 e. The molecular weight excluding hydrogens is 562 g/mol. The van der Waals surface area contributed by atoms with Gasteiger partial charge in [-0.2, -0.15) is 0 Å². The summed E-state index contributed by atoms with van der Waals surface area (Å²) in [6.45, 7) is -0.361. The first-order chi connectivity index (χ1) is 20.1. The number of nitrogens with one attached hydrogen (secondary N) is 1. The predicted octanol–water partition coefficient (Wildman–Crippen LogP) is 3.67. The number of rotatable bonds is 10. The Hall–Kier alpha value is -4.85. The third-order valence-electron chi connectivity index (χ3n) is 6.37. The van der Waals surface area contributed by atoms with Gasteiger partial charge in [0.15, 0.2) is 0 Å². The van der Waals surface area contributed by atoms with Gasteiger partial charge in [0.25, 0.3) is 11.9 Å². The summed E-state index contributed by atoms with van der Waals surface area (Å²) in [5.41, 5.74) is -0.190. The molecule has 1 aliphatic rings. The van der Waals surface area contributed by atoms with Gasteiger partial charge in [-0.15, -0.1) is 13.2 Å². The normalized spacial score (nSPS) is 14.4. The monoisotopic (exact) mass is 587 g/mol. The first-order valence-electron chi connectivity index (χ1n) is 12.8. The van der Waals surface area contributed by atoms with Crippen LogP contribution in [0.15, 0.2) is 82.5 Å². The second-order valence-electron chi connectivity index (χ2n) is 9.31. The lowest BCUT2D eigenvalue weighted by molar-refractivity contribution is -0.274. The summed E-state index contributed by atoms with van der Waals surface area (Å²) in [5, 5.41) is 12.4. The van der Waals surface area contributed by atoms with Crippen molar-refractivity contribution in [1.82, 2.24) is 14.1 Å². The summed E-state index contributed by atoms with van der Waals surface area (Å²) in [7, 11) is 0. The van der Waals surface area contributed by atoms with E-state index in [1.165, 1.54) is 45.9 Å². The van der Waals surface area contributed by atoms with E-state index in [4.69, 9.17) is 4.74 Å². The van der Waals surface area contributed by atoms with E-state index >= 15 is 0 Å². The number of pyridine rings is 1. The van der Waals surface area contributed by atoms with E-state index in [9.17, 15) is 32.3 Å². The van der Waals surface area contributed by atoms with Crippen LogP contribution in [0.3, 0.4) is 0 Å². The summed E-state index contributed by atoms with van der Waals surface area (Å²) in [5.74, 6) is -0.904. The molecule has 0 fully saturated rings. The maximum absolute atomic E-state index is 13.8. The molecule has 2 N–H and O–H groups in total. The smallest absolute Gasteiger partial charge is 0.452 e. The number of hydrogen-bond acceptors (Lipinski definition) is 8. The van der Waals surface area contributed by atoms with Crippen molar-refractivity contribution in [3.8, 4) is 11.5 Å². The van der Waals surface area contributed by atoms with Crippen LogP contribution in [0.2, 0.25) is 0 Å².